The van der Waals surface area contributed by atoms with Gasteiger partial charge in [-0.3, -0.25) is 0 Å². The molecule has 0 aromatic heterocycles. The first-order valence-corrected chi connectivity index (χ1v) is 11.9. The SMILES string of the molecule is Cc1cc(OCC2(C[O])CC2)cc(OS(=O)(=O)c2ccccc2S(C)(=O)=O)c1. The normalized spacial score (nSPS) is 15.8. The molecular formula is C19H21O7S2. The van der Waals surface area contributed by atoms with Gasteiger partial charge in [0, 0.05) is 17.7 Å². The molecule has 0 saturated heterocycles. The first kappa shape index (κ1) is 20.6. The van der Waals surface area contributed by atoms with E-state index in [-0.39, 0.29) is 29.3 Å². The zero-order valence-corrected chi connectivity index (χ0v) is 17.2. The summed E-state index contributed by atoms with van der Waals surface area (Å²) in [4.78, 5) is -0.755. The lowest BCUT2D eigenvalue weighted by molar-refractivity contribution is 0.0949. The van der Waals surface area contributed by atoms with Crippen molar-refractivity contribution in [3.8, 4) is 11.5 Å². The number of benzene rings is 2. The third-order valence-corrected chi connectivity index (χ3v) is 7.15. The molecule has 1 saturated carbocycles. The Morgan fingerprint density at radius 3 is 2.14 bits per heavy atom. The van der Waals surface area contributed by atoms with Crippen LogP contribution in [0.3, 0.4) is 0 Å². The highest BCUT2D eigenvalue weighted by molar-refractivity contribution is 7.92. The quantitative estimate of drug-likeness (QED) is 0.602. The van der Waals surface area contributed by atoms with E-state index in [1.807, 2.05) is 0 Å². The molecular weight excluding hydrogens is 404 g/mol. The van der Waals surface area contributed by atoms with Gasteiger partial charge in [-0.25, -0.2) is 13.5 Å². The summed E-state index contributed by atoms with van der Waals surface area (Å²) in [5, 5.41) is 11.2. The maximum absolute atomic E-state index is 12.7. The highest BCUT2D eigenvalue weighted by Gasteiger charge is 2.43. The van der Waals surface area contributed by atoms with Crippen molar-refractivity contribution in [2.75, 3.05) is 19.5 Å². The second kappa shape index (κ2) is 7.38. The fraction of sp³-hybridized carbons (Fsp3) is 0.368. The molecule has 3 rings (SSSR count). The molecule has 1 aliphatic carbocycles. The van der Waals surface area contributed by atoms with E-state index < -0.39 is 24.9 Å². The molecule has 2 aromatic rings. The molecule has 0 unspecified atom stereocenters. The number of sulfone groups is 1. The Bertz CT molecular complexity index is 1090. The van der Waals surface area contributed by atoms with Gasteiger partial charge < -0.3 is 8.92 Å². The molecule has 9 heteroatoms. The van der Waals surface area contributed by atoms with E-state index in [4.69, 9.17) is 8.92 Å². The smallest absolute Gasteiger partial charge is 0.340 e. The van der Waals surface area contributed by atoms with Crippen LogP contribution in [0, 0.1) is 12.3 Å². The first-order valence-electron chi connectivity index (χ1n) is 8.61. The van der Waals surface area contributed by atoms with Crippen LogP contribution in [0.2, 0.25) is 0 Å². The standard InChI is InChI=1S/C19H21O7S2/c1-14-9-15(25-13-19(12-20)7-8-19)11-16(10-14)26-28(23,24)18-6-4-3-5-17(18)27(2,21)22/h3-6,9-11H,7-8,12-13H2,1-2H3. The Hall–Kier alpha value is -2.10. The number of hydrogen-bond donors (Lipinski definition) is 0. The molecule has 1 fully saturated rings. The molecule has 1 radical (unpaired) electrons. The summed E-state index contributed by atoms with van der Waals surface area (Å²) in [6, 6.07) is 9.90. The largest absolute Gasteiger partial charge is 0.493 e. The first-order chi connectivity index (χ1) is 13.0. The molecule has 151 valence electrons. The van der Waals surface area contributed by atoms with Crippen LogP contribution in [0.4, 0.5) is 0 Å². The Labute approximate surface area is 165 Å². The average molecular weight is 426 g/mol. The Balaban J connectivity index is 1.87. The van der Waals surface area contributed by atoms with Crippen LogP contribution in [0.5, 0.6) is 11.5 Å². The molecule has 2 aromatic carbocycles. The predicted molar refractivity (Wildman–Crippen MR) is 101 cm³/mol. The van der Waals surface area contributed by atoms with Crippen molar-refractivity contribution < 1.29 is 30.9 Å². The van der Waals surface area contributed by atoms with Crippen molar-refractivity contribution in [3.63, 3.8) is 0 Å². The van der Waals surface area contributed by atoms with E-state index in [9.17, 15) is 21.9 Å². The van der Waals surface area contributed by atoms with E-state index >= 15 is 0 Å². The Morgan fingerprint density at radius 1 is 0.964 bits per heavy atom. The zero-order chi connectivity index (χ0) is 20.6. The lowest BCUT2D eigenvalue weighted by atomic mass is 10.1. The van der Waals surface area contributed by atoms with Crippen molar-refractivity contribution in [1.82, 2.24) is 0 Å². The van der Waals surface area contributed by atoms with Crippen LogP contribution < -0.4 is 8.92 Å². The summed E-state index contributed by atoms with van der Waals surface area (Å²) in [5.41, 5.74) is 0.372. The third kappa shape index (κ3) is 4.65. The van der Waals surface area contributed by atoms with Gasteiger partial charge in [0.1, 0.15) is 16.4 Å². The fourth-order valence-electron chi connectivity index (χ4n) is 2.72. The van der Waals surface area contributed by atoms with Crippen LogP contribution in [0.1, 0.15) is 18.4 Å². The van der Waals surface area contributed by atoms with Crippen molar-refractivity contribution in [2.45, 2.75) is 29.6 Å². The molecule has 1 aliphatic rings. The van der Waals surface area contributed by atoms with Crippen molar-refractivity contribution in [3.05, 3.63) is 48.0 Å². The van der Waals surface area contributed by atoms with Crippen molar-refractivity contribution >= 4 is 20.0 Å². The molecule has 0 N–H and O–H groups in total. The van der Waals surface area contributed by atoms with Gasteiger partial charge in [-0.05, 0) is 49.6 Å². The summed E-state index contributed by atoms with van der Waals surface area (Å²) < 4.78 is 60.1. The lowest BCUT2D eigenvalue weighted by Crippen LogP contribution is -2.17. The van der Waals surface area contributed by atoms with Crippen LogP contribution in [-0.2, 0) is 25.1 Å². The van der Waals surface area contributed by atoms with E-state index in [1.165, 1.54) is 36.4 Å². The van der Waals surface area contributed by atoms with E-state index in [2.05, 4.69) is 0 Å². The summed E-state index contributed by atoms with van der Waals surface area (Å²) in [7, 11) is -8.14. The number of ether oxygens (including phenoxy) is 1. The molecule has 7 nitrogen and oxygen atoms in total. The molecule has 0 aliphatic heterocycles. The lowest BCUT2D eigenvalue weighted by Gasteiger charge is -2.15. The summed E-state index contributed by atoms with van der Waals surface area (Å²) in [6.45, 7) is 1.80. The highest BCUT2D eigenvalue weighted by atomic mass is 32.2. The van der Waals surface area contributed by atoms with Crippen LogP contribution in [0.25, 0.3) is 0 Å². The third-order valence-electron chi connectivity index (χ3n) is 4.56. The Kier molecular flexibility index (Phi) is 5.44. The van der Waals surface area contributed by atoms with Crippen LogP contribution >= 0.6 is 0 Å². The molecule has 0 amide bonds. The summed E-state index contributed by atoms with van der Waals surface area (Å²) in [6.07, 6.45) is 2.58. The molecule has 0 spiro atoms. The van der Waals surface area contributed by atoms with Gasteiger partial charge in [-0.2, -0.15) is 8.42 Å². The Morgan fingerprint density at radius 2 is 1.57 bits per heavy atom. The minimum atomic E-state index is -4.38. The van der Waals surface area contributed by atoms with Crippen molar-refractivity contribution in [1.29, 1.82) is 0 Å². The maximum Gasteiger partial charge on any atom is 0.340 e. The van der Waals surface area contributed by atoms with Gasteiger partial charge in [0.05, 0.1) is 18.1 Å². The fourth-order valence-corrected chi connectivity index (χ4v) is 5.24. The second-order valence-electron chi connectivity index (χ2n) is 7.17. The molecule has 0 atom stereocenters. The summed E-state index contributed by atoms with van der Waals surface area (Å²) >= 11 is 0. The summed E-state index contributed by atoms with van der Waals surface area (Å²) in [5.74, 6) is 0.395. The maximum atomic E-state index is 12.7. The predicted octanol–water partition coefficient (Wildman–Crippen LogP) is 2.76. The van der Waals surface area contributed by atoms with Gasteiger partial charge in [0.2, 0.25) is 0 Å². The van der Waals surface area contributed by atoms with E-state index in [0.29, 0.717) is 11.3 Å². The highest BCUT2D eigenvalue weighted by Crippen LogP contribution is 2.45. The minimum absolute atomic E-state index is 0.00488. The van der Waals surface area contributed by atoms with Gasteiger partial charge in [0.15, 0.2) is 9.84 Å². The van der Waals surface area contributed by atoms with E-state index in [0.717, 1.165) is 19.1 Å². The number of rotatable bonds is 8. The van der Waals surface area contributed by atoms with Gasteiger partial charge >= 0.3 is 10.1 Å². The second-order valence-corrected chi connectivity index (χ2v) is 10.7. The van der Waals surface area contributed by atoms with Crippen LogP contribution in [0.15, 0.2) is 52.3 Å². The molecule has 0 bridgehead atoms. The van der Waals surface area contributed by atoms with E-state index in [1.54, 1.807) is 13.0 Å². The number of aryl methyl sites for hydroxylation is 1. The van der Waals surface area contributed by atoms with Crippen LogP contribution in [-0.4, -0.2) is 36.3 Å². The monoisotopic (exact) mass is 425 g/mol. The number of hydrogen-bond acceptors (Lipinski definition) is 6. The zero-order valence-electron chi connectivity index (χ0n) is 15.5. The molecule has 28 heavy (non-hydrogen) atoms. The van der Waals surface area contributed by atoms with Gasteiger partial charge in [-0.15, -0.1) is 0 Å². The van der Waals surface area contributed by atoms with Crippen molar-refractivity contribution in [2.24, 2.45) is 5.41 Å². The van der Waals surface area contributed by atoms with Gasteiger partial charge in [-0.1, -0.05) is 12.1 Å². The topological polar surface area (TPSA) is 107 Å². The average Bonchev–Trinajstić information content (AvgIpc) is 3.39. The molecule has 0 heterocycles. The van der Waals surface area contributed by atoms with Gasteiger partial charge in [0.25, 0.3) is 0 Å². The minimum Gasteiger partial charge on any atom is -0.493 e.